The summed E-state index contributed by atoms with van der Waals surface area (Å²) in [6.45, 7) is 3.02. The summed E-state index contributed by atoms with van der Waals surface area (Å²) in [6, 6.07) is 15.5. The van der Waals surface area contributed by atoms with E-state index in [9.17, 15) is 14.4 Å². The quantitative estimate of drug-likeness (QED) is 0.403. The van der Waals surface area contributed by atoms with Gasteiger partial charge in [0.1, 0.15) is 0 Å². The molecular weight excluding hydrogens is 412 g/mol. The van der Waals surface area contributed by atoms with E-state index in [4.69, 9.17) is 0 Å². The molecule has 5 nitrogen and oxygen atoms in total. The molecule has 1 N–H and O–H groups in total. The lowest BCUT2D eigenvalue weighted by atomic mass is 9.91. The number of nitrogens with zero attached hydrogens (tertiary/aromatic N) is 1. The van der Waals surface area contributed by atoms with E-state index in [0.717, 1.165) is 54.9 Å². The van der Waals surface area contributed by atoms with Crippen LogP contribution in [0.2, 0.25) is 0 Å². The van der Waals surface area contributed by atoms with E-state index in [-0.39, 0.29) is 17.7 Å². The second-order valence-electron chi connectivity index (χ2n) is 9.10. The van der Waals surface area contributed by atoms with Crippen LogP contribution in [-0.4, -0.2) is 35.7 Å². The van der Waals surface area contributed by atoms with Crippen LogP contribution >= 0.6 is 0 Å². The van der Waals surface area contributed by atoms with E-state index >= 15 is 0 Å². The van der Waals surface area contributed by atoms with Crippen molar-refractivity contribution in [2.75, 3.05) is 13.1 Å². The number of rotatable bonds is 8. The van der Waals surface area contributed by atoms with Crippen LogP contribution < -0.4 is 5.32 Å². The third-order valence-corrected chi connectivity index (χ3v) is 6.82. The van der Waals surface area contributed by atoms with Crippen LogP contribution in [0.3, 0.4) is 0 Å². The molecule has 1 heterocycles. The number of carbonyl (C=O) groups is 3. The van der Waals surface area contributed by atoms with Gasteiger partial charge in [-0.2, -0.15) is 0 Å². The van der Waals surface area contributed by atoms with Gasteiger partial charge in [0.05, 0.1) is 0 Å². The Morgan fingerprint density at radius 3 is 2.18 bits per heavy atom. The van der Waals surface area contributed by atoms with E-state index in [1.165, 1.54) is 16.0 Å². The van der Waals surface area contributed by atoms with Gasteiger partial charge in [0.15, 0.2) is 0 Å². The van der Waals surface area contributed by atoms with Gasteiger partial charge in [-0.25, -0.2) is 0 Å². The molecule has 0 fully saturated rings. The molecule has 1 aliphatic carbocycles. The van der Waals surface area contributed by atoms with E-state index < -0.39 is 0 Å². The number of imide groups is 1. The largest absolute Gasteiger partial charge is 0.352 e. The fourth-order valence-electron chi connectivity index (χ4n) is 5.11. The highest BCUT2D eigenvalue weighted by Crippen LogP contribution is 2.38. The Bertz CT molecular complexity index is 1220. The highest BCUT2D eigenvalue weighted by atomic mass is 16.2. The number of carbonyl (C=O) groups excluding carboxylic acids is 3. The summed E-state index contributed by atoms with van der Waals surface area (Å²) in [5, 5.41) is 4.94. The van der Waals surface area contributed by atoms with E-state index in [1.807, 2.05) is 43.3 Å². The van der Waals surface area contributed by atoms with Crippen molar-refractivity contribution >= 4 is 28.5 Å². The van der Waals surface area contributed by atoms with Gasteiger partial charge < -0.3 is 5.32 Å². The molecule has 0 radical (unpaired) electrons. The van der Waals surface area contributed by atoms with E-state index in [1.54, 1.807) is 0 Å². The first kappa shape index (κ1) is 21.4. The minimum Gasteiger partial charge on any atom is -0.352 e. The van der Waals surface area contributed by atoms with Gasteiger partial charge in [-0.3, -0.25) is 19.3 Å². The summed E-state index contributed by atoms with van der Waals surface area (Å²) in [6.07, 6.45) is 5.42. The summed E-state index contributed by atoms with van der Waals surface area (Å²) < 4.78 is 0. The number of hydrogen-bond donors (Lipinski definition) is 1. The van der Waals surface area contributed by atoms with Crippen molar-refractivity contribution in [3.8, 4) is 0 Å². The standard InChI is InChI=1S/C28H28N2O3/c1-18-7-6-8-21(17-18)26(31)29-15-4-2-3-5-16-30-27(32)22-13-11-19-9-10-20-12-14-23(28(30)33)25(22)24(19)20/h6-8,11-14,17H,2-5,9-10,15-16H2,1H3,(H,29,31). The minimum absolute atomic E-state index is 0.0497. The zero-order chi connectivity index (χ0) is 22.9. The molecular formula is C28H28N2O3. The van der Waals surface area contributed by atoms with Gasteiger partial charge >= 0.3 is 0 Å². The van der Waals surface area contributed by atoms with Crippen LogP contribution in [0.1, 0.15) is 73.4 Å². The second-order valence-corrected chi connectivity index (χ2v) is 9.10. The summed E-state index contributed by atoms with van der Waals surface area (Å²) >= 11 is 0. The number of nitrogens with one attached hydrogen (secondary N) is 1. The fraction of sp³-hybridized carbons (Fsp3) is 0.321. The molecule has 5 rings (SSSR count). The summed E-state index contributed by atoms with van der Waals surface area (Å²) in [4.78, 5) is 39.8. The van der Waals surface area contributed by atoms with Gasteiger partial charge in [0.25, 0.3) is 17.7 Å². The topological polar surface area (TPSA) is 66.5 Å². The smallest absolute Gasteiger partial charge is 0.261 e. The molecule has 1 aliphatic heterocycles. The van der Waals surface area contributed by atoms with Crippen molar-refractivity contribution in [1.29, 1.82) is 0 Å². The molecule has 2 aliphatic rings. The van der Waals surface area contributed by atoms with Crippen LogP contribution in [-0.2, 0) is 12.8 Å². The Balaban J connectivity index is 1.13. The Morgan fingerprint density at radius 2 is 1.52 bits per heavy atom. The zero-order valence-corrected chi connectivity index (χ0v) is 18.9. The van der Waals surface area contributed by atoms with Gasteiger partial charge in [0, 0.05) is 35.2 Å². The molecule has 0 spiro atoms. The molecule has 0 atom stereocenters. The Kier molecular flexibility index (Phi) is 5.71. The SMILES string of the molecule is Cc1cccc(C(=O)NCCCCCCN2C(=O)c3ccc4c5c(ccc(c35)C2=O)CC4)c1. The Hall–Kier alpha value is -3.47. The minimum atomic E-state index is -0.173. The first-order valence-corrected chi connectivity index (χ1v) is 11.8. The molecule has 0 bridgehead atoms. The Morgan fingerprint density at radius 1 is 0.848 bits per heavy atom. The van der Waals surface area contributed by atoms with Crippen LogP contribution in [0.25, 0.3) is 10.8 Å². The number of unbranched alkanes of at least 4 members (excludes halogenated alkanes) is 3. The van der Waals surface area contributed by atoms with Gasteiger partial charge in [-0.1, -0.05) is 42.7 Å². The Labute approximate surface area is 193 Å². The molecule has 3 amide bonds. The van der Waals surface area contributed by atoms with E-state index in [0.29, 0.717) is 29.8 Å². The summed E-state index contributed by atoms with van der Waals surface area (Å²) in [7, 11) is 0. The molecule has 3 aromatic rings. The lowest BCUT2D eigenvalue weighted by molar-refractivity contribution is 0.0607. The lowest BCUT2D eigenvalue weighted by Crippen LogP contribution is -2.41. The highest BCUT2D eigenvalue weighted by molar-refractivity contribution is 6.26. The number of amides is 3. The third-order valence-electron chi connectivity index (χ3n) is 6.82. The number of benzene rings is 3. The average Bonchev–Trinajstić information content (AvgIpc) is 3.24. The first-order valence-electron chi connectivity index (χ1n) is 11.8. The predicted octanol–water partition coefficient (Wildman–Crippen LogP) is 4.83. The average molecular weight is 441 g/mol. The highest BCUT2D eigenvalue weighted by Gasteiger charge is 2.34. The van der Waals surface area contributed by atoms with Gasteiger partial charge in [-0.15, -0.1) is 0 Å². The number of aryl methyl sites for hydroxylation is 3. The van der Waals surface area contributed by atoms with Gasteiger partial charge in [0.2, 0.25) is 0 Å². The number of hydrogen-bond acceptors (Lipinski definition) is 3. The van der Waals surface area contributed by atoms with Crippen LogP contribution in [0.15, 0.2) is 48.5 Å². The predicted molar refractivity (Wildman–Crippen MR) is 129 cm³/mol. The second kappa shape index (κ2) is 8.81. The van der Waals surface area contributed by atoms with Crippen molar-refractivity contribution in [3.63, 3.8) is 0 Å². The van der Waals surface area contributed by atoms with Crippen molar-refractivity contribution in [3.05, 3.63) is 81.9 Å². The van der Waals surface area contributed by atoms with Crippen LogP contribution in [0.4, 0.5) is 0 Å². The molecule has 0 saturated carbocycles. The maximum Gasteiger partial charge on any atom is 0.261 e. The monoisotopic (exact) mass is 440 g/mol. The fourth-order valence-corrected chi connectivity index (χ4v) is 5.11. The van der Waals surface area contributed by atoms with Crippen LogP contribution in [0, 0.1) is 6.92 Å². The van der Waals surface area contributed by atoms with Crippen molar-refractivity contribution in [2.24, 2.45) is 0 Å². The van der Waals surface area contributed by atoms with Crippen molar-refractivity contribution in [1.82, 2.24) is 10.2 Å². The maximum atomic E-state index is 13.1. The summed E-state index contributed by atoms with van der Waals surface area (Å²) in [5.41, 5.74) is 5.55. The van der Waals surface area contributed by atoms with E-state index in [2.05, 4.69) is 17.4 Å². The zero-order valence-electron chi connectivity index (χ0n) is 18.9. The third kappa shape index (κ3) is 3.92. The molecule has 33 heavy (non-hydrogen) atoms. The van der Waals surface area contributed by atoms with Crippen molar-refractivity contribution in [2.45, 2.75) is 45.4 Å². The lowest BCUT2D eigenvalue weighted by Gasteiger charge is -2.27. The molecule has 3 aromatic carbocycles. The first-order chi connectivity index (χ1) is 16.0. The molecule has 168 valence electrons. The normalized spacial score (nSPS) is 14.3. The molecule has 5 heteroatoms. The van der Waals surface area contributed by atoms with Gasteiger partial charge in [-0.05, 0) is 73.4 Å². The molecule has 0 aromatic heterocycles. The molecule has 0 saturated heterocycles. The summed E-state index contributed by atoms with van der Waals surface area (Å²) in [5.74, 6) is -0.395. The van der Waals surface area contributed by atoms with Crippen LogP contribution in [0.5, 0.6) is 0 Å². The van der Waals surface area contributed by atoms with Crippen molar-refractivity contribution < 1.29 is 14.4 Å². The maximum absolute atomic E-state index is 13.1. The molecule has 0 unspecified atom stereocenters.